The summed E-state index contributed by atoms with van der Waals surface area (Å²) < 4.78 is 0. The molecule has 2 atom stereocenters. The quantitative estimate of drug-likeness (QED) is 0.724. The number of rotatable bonds is 2. The summed E-state index contributed by atoms with van der Waals surface area (Å²) in [6.45, 7) is 6.16. The molecule has 0 aromatic heterocycles. The molecule has 2 unspecified atom stereocenters. The number of carbonyl (C=O) groups is 1. The van der Waals surface area contributed by atoms with Crippen LogP contribution in [-0.2, 0) is 0 Å². The van der Waals surface area contributed by atoms with Gasteiger partial charge in [-0.1, -0.05) is 12.1 Å². The molecule has 1 aliphatic heterocycles. The fourth-order valence-electron chi connectivity index (χ4n) is 2.89. The Bertz CT molecular complexity index is 403. The molecule has 92 valence electrons. The summed E-state index contributed by atoms with van der Waals surface area (Å²) in [7, 11) is 0. The Labute approximate surface area is 104 Å². The number of anilines is 1. The van der Waals surface area contributed by atoms with Crippen LogP contribution in [0.15, 0.2) is 24.3 Å². The third-order valence-electron chi connectivity index (χ3n) is 3.76. The Hall–Kier alpha value is -1.31. The molecule has 1 fully saturated rings. The van der Waals surface area contributed by atoms with Crippen molar-refractivity contribution in [2.45, 2.75) is 52.1 Å². The van der Waals surface area contributed by atoms with Crippen LogP contribution in [-0.4, -0.2) is 17.9 Å². The van der Waals surface area contributed by atoms with Crippen molar-refractivity contribution < 1.29 is 4.79 Å². The maximum Gasteiger partial charge on any atom is 0.161 e. The lowest BCUT2D eigenvalue weighted by Crippen LogP contribution is -2.44. The third-order valence-corrected chi connectivity index (χ3v) is 3.76. The molecule has 1 aliphatic rings. The summed E-state index contributed by atoms with van der Waals surface area (Å²) in [5.41, 5.74) is 1.97. The minimum absolute atomic E-state index is 0.158. The van der Waals surface area contributed by atoms with E-state index in [1.165, 1.54) is 19.3 Å². The average Bonchev–Trinajstić information content (AvgIpc) is 2.29. The van der Waals surface area contributed by atoms with Gasteiger partial charge in [-0.25, -0.2) is 0 Å². The summed E-state index contributed by atoms with van der Waals surface area (Å²) in [5, 5.41) is 0. The molecule has 0 spiro atoms. The number of hydrogen-bond acceptors (Lipinski definition) is 2. The normalized spacial score (nSPS) is 24.8. The van der Waals surface area contributed by atoms with Crippen molar-refractivity contribution in [1.82, 2.24) is 0 Å². The van der Waals surface area contributed by atoms with Crippen molar-refractivity contribution in [2.24, 2.45) is 0 Å². The molecule has 17 heavy (non-hydrogen) atoms. The van der Waals surface area contributed by atoms with Crippen LogP contribution in [0.2, 0.25) is 0 Å². The van der Waals surface area contributed by atoms with E-state index < -0.39 is 0 Å². The van der Waals surface area contributed by atoms with Gasteiger partial charge in [0, 0.05) is 23.3 Å². The van der Waals surface area contributed by atoms with Crippen LogP contribution < -0.4 is 4.90 Å². The van der Waals surface area contributed by atoms with Crippen LogP contribution >= 0.6 is 0 Å². The highest BCUT2D eigenvalue weighted by Crippen LogP contribution is 2.31. The molecule has 0 amide bonds. The number of carbonyl (C=O) groups excluding carboxylic acids is 1. The maximum absolute atomic E-state index is 11.7. The van der Waals surface area contributed by atoms with Gasteiger partial charge in [0.2, 0.25) is 0 Å². The molecule has 1 saturated heterocycles. The van der Waals surface area contributed by atoms with E-state index in [1.807, 2.05) is 18.2 Å². The first-order valence-electron chi connectivity index (χ1n) is 6.49. The predicted molar refractivity (Wildman–Crippen MR) is 71.7 cm³/mol. The van der Waals surface area contributed by atoms with Gasteiger partial charge in [0.1, 0.15) is 0 Å². The van der Waals surface area contributed by atoms with Gasteiger partial charge >= 0.3 is 0 Å². The topological polar surface area (TPSA) is 20.3 Å². The zero-order chi connectivity index (χ0) is 12.4. The Kier molecular flexibility index (Phi) is 3.51. The molecule has 1 heterocycles. The van der Waals surface area contributed by atoms with Crippen molar-refractivity contribution in [3.63, 3.8) is 0 Å². The molecule has 0 saturated carbocycles. The summed E-state index contributed by atoms with van der Waals surface area (Å²) in [4.78, 5) is 14.1. The first-order chi connectivity index (χ1) is 8.11. The van der Waals surface area contributed by atoms with E-state index >= 15 is 0 Å². The SMILES string of the molecule is CC(=O)c1ccccc1N1C(C)CCCC1C. The van der Waals surface area contributed by atoms with Crippen molar-refractivity contribution in [3.05, 3.63) is 29.8 Å². The van der Waals surface area contributed by atoms with E-state index in [2.05, 4.69) is 24.8 Å². The molecule has 2 heteroatoms. The number of para-hydroxylation sites is 1. The highest BCUT2D eigenvalue weighted by Gasteiger charge is 2.26. The number of ketones is 1. The van der Waals surface area contributed by atoms with Crippen LogP contribution in [0.3, 0.4) is 0 Å². The fraction of sp³-hybridized carbons (Fsp3) is 0.533. The van der Waals surface area contributed by atoms with Gasteiger partial charge in [-0.05, 0) is 52.2 Å². The molecule has 0 radical (unpaired) electrons. The second-order valence-electron chi connectivity index (χ2n) is 5.11. The average molecular weight is 231 g/mol. The van der Waals surface area contributed by atoms with Crippen LogP contribution in [0.1, 0.15) is 50.4 Å². The van der Waals surface area contributed by atoms with Crippen molar-refractivity contribution >= 4 is 11.5 Å². The van der Waals surface area contributed by atoms with Crippen LogP contribution in [0.5, 0.6) is 0 Å². The van der Waals surface area contributed by atoms with Crippen molar-refractivity contribution in [2.75, 3.05) is 4.90 Å². The van der Waals surface area contributed by atoms with Crippen LogP contribution in [0.25, 0.3) is 0 Å². The van der Waals surface area contributed by atoms with E-state index in [1.54, 1.807) is 6.92 Å². The zero-order valence-corrected chi connectivity index (χ0v) is 10.9. The molecule has 2 rings (SSSR count). The number of nitrogens with zero attached hydrogens (tertiary/aromatic N) is 1. The largest absolute Gasteiger partial charge is 0.366 e. The van der Waals surface area contributed by atoms with Crippen molar-refractivity contribution in [3.8, 4) is 0 Å². The molecule has 0 aliphatic carbocycles. The summed E-state index contributed by atoms with van der Waals surface area (Å²) in [5.74, 6) is 0.158. The minimum Gasteiger partial charge on any atom is -0.366 e. The number of Topliss-reactive ketones (excluding diaryl/α,β-unsaturated/α-hetero) is 1. The minimum atomic E-state index is 0.158. The molecule has 1 aromatic carbocycles. The van der Waals surface area contributed by atoms with E-state index in [9.17, 15) is 4.79 Å². The molecule has 2 nitrogen and oxygen atoms in total. The van der Waals surface area contributed by atoms with Crippen LogP contribution in [0.4, 0.5) is 5.69 Å². The van der Waals surface area contributed by atoms with Gasteiger partial charge in [0.25, 0.3) is 0 Å². The van der Waals surface area contributed by atoms with Gasteiger partial charge < -0.3 is 4.90 Å². The third kappa shape index (κ3) is 2.36. The van der Waals surface area contributed by atoms with Gasteiger partial charge in [0.15, 0.2) is 5.78 Å². The van der Waals surface area contributed by atoms with Crippen LogP contribution in [0, 0.1) is 0 Å². The van der Waals surface area contributed by atoms with Crippen molar-refractivity contribution in [1.29, 1.82) is 0 Å². The number of benzene rings is 1. The first kappa shape index (κ1) is 12.2. The molecule has 0 N–H and O–H groups in total. The Balaban J connectivity index is 2.41. The van der Waals surface area contributed by atoms with E-state index in [0.717, 1.165) is 11.3 Å². The zero-order valence-electron chi connectivity index (χ0n) is 10.9. The smallest absolute Gasteiger partial charge is 0.161 e. The second kappa shape index (κ2) is 4.91. The molecular weight excluding hydrogens is 210 g/mol. The van der Waals surface area contributed by atoms with E-state index in [4.69, 9.17) is 0 Å². The Morgan fingerprint density at radius 1 is 1.18 bits per heavy atom. The Morgan fingerprint density at radius 3 is 2.35 bits per heavy atom. The van der Waals surface area contributed by atoms with E-state index in [0.29, 0.717) is 12.1 Å². The molecule has 1 aromatic rings. The lowest BCUT2D eigenvalue weighted by Gasteiger charge is -2.41. The summed E-state index contributed by atoms with van der Waals surface area (Å²) in [6.07, 6.45) is 3.73. The van der Waals surface area contributed by atoms with Gasteiger partial charge in [-0.3, -0.25) is 4.79 Å². The first-order valence-corrected chi connectivity index (χ1v) is 6.49. The lowest BCUT2D eigenvalue weighted by molar-refractivity contribution is 0.101. The number of hydrogen-bond donors (Lipinski definition) is 0. The monoisotopic (exact) mass is 231 g/mol. The highest BCUT2D eigenvalue weighted by atomic mass is 16.1. The highest BCUT2D eigenvalue weighted by molar-refractivity contribution is 5.99. The van der Waals surface area contributed by atoms with Gasteiger partial charge in [-0.2, -0.15) is 0 Å². The van der Waals surface area contributed by atoms with E-state index in [-0.39, 0.29) is 5.78 Å². The van der Waals surface area contributed by atoms with Gasteiger partial charge in [0.05, 0.1) is 0 Å². The second-order valence-corrected chi connectivity index (χ2v) is 5.11. The van der Waals surface area contributed by atoms with Gasteiger partial charge in [-0.15, -0.1) is 0 Å². The Morgan fingerprint density at radius 2 is 1.76 bits per heavy atom. The molecule has 0 bridgehead atoms. The lowest BCUT2D eigenvalue weighted by atomic mass is 9.95. The number of piperidine rings is 1. The summed E-state index contributed by atoms with van der Waals surface area (Å²) >= 11 is 0. The molecular formula is C15H21NO. The standard InChI is InChI=1S/C15H21NO/c1-11-7-6-8-12(2)16(11)15-10-5-4-9-14(15)13(3)17/h4-5,9-12H,6-8H2,1-3H3. The maximum atomic E-state index is 11.7. The summed E-state index contributed by atoms with van der Waals surface area (Å²) in [6, 6.07) is 9.04. The fourth-order valence-corrected chi connectivity index (χ4v) is 2.89. The predicted octanol–water partition coefficient (Wildman–Crippen LogP) is 3.66.